The Hall–Kier alpha value is -1.37. The third kappa shape index (κ3) is 4.06. The van der Waals surface area contributed by atoms with Crippen LogP contribution < -0.4 is 10.6 Å². The molecule has 2 heterocycles. The highest BCUT2D eigenvalue weighted by Gasteiger charge is 2.25. The maximum atomic E-state index is 11.7. The standard InChI is InChI=1S/C13H22N4O2S/c1-3-5-11-16-12(14-2)8-13(17-11)15-10-6-4-7-20(18,19)9-10/h8,10H,3-7,9H2,1-2H3,(H2,14,15,16,17). The highest BCUT2D eigenvalue weighted by atomic mass is 32.2. The molecule has 6 nitrogen and oxygen atoms in total. The molecular weight excluding hydrogens is 276 g/mol. The average Bonchev–Trinajstić information content (AvgIpc) is 2.37. The molecule has 0 amide bonds. The summed E-state index contributed by atoms with van der Waals surface area (Å²) in [4.78, 5) is 8.84. The van der Waals surface area contributed by atoms with E-state index < -0.39 is 9.84 Å². The zero-order valence-electron chi connectivity index (χ0n) is 12.0. The van der Waals surface area contributed by atoms with Crippen molar-refractivity contribution in [3.63, 3.8) is 0 Å². The molecule has 0 spiro atoms. The maximum absolute atomic E-state index is 11.7. The first kappa shape index (κ1) is 15.0. The van der Waals surface area contributed by atoms with Gasteiger partial charge in [0, 0.05) is 25.6 Å². The molecule has 0 radical (unpaired) electrons. The van der Waals surface area contributed by atoms with E-state index in [1.54, 1.807) is 0 Å². The number of rotatable bonds is 5. The van der Waals surface area contributed by atoms with Crippen LogP contribution in [0.5, 0.6) is 0 Å². The van der Waals surface area contributed by atoms with Gasteiger partial charge >= 0.3 is 0 Å². The van der Waals surface area contributed by atoms with E-state index in [1.165, 1.54) is 0 Å². The minimum absolute atomic E-state index is 0.0529. The number of aryl methyl sites for hydroxylation is 1. The van der Waals surface area contributed by atoms with Crippen LogP contribution in [0.4, 0.5) is 11.6 Å². The molecule has 1 aromatic heterocycles. The van der Waals surface area contributed by atoms with E-state index in [2.05, 4.69) is 27.5 Å². The van der Waals surface area contributed by atoms with Crippen LogP contribution in [0.15, 0.2) is 6.07 Å². The van der Waals surface area contributed by atoms with E-state index in [1.807, 2.05) is 13.1 Å². The summed E-state index contributed by atoms with van der Waals surface area (Å²) < 4.78 is 23.3. The molecule has 112 valence electrons. The number of nitrogens with zero attached hydrogens (tertiary/aromatic N) is 2. The van der Waals surface area contributed by atoms with Crippen molar-refractivity contribution in [1.29, 1.82) is 0 Å². The molecular formula is C13H22N4O2S. The van der Waals surface area contributed by atoms with Gasteiger partial charge in [0.15, 0.2) is 9.84 Å². The fourth-order valence-corrected chi connectivity index (χ4v) is 4.02. The van der Waals surface area contributed by atoms with Crippen LogP contribution in [0.1, 0.15) is 32.0 Å². The molecule has 0 aliphatic carbocycles. The van der Waals surface area contributed by atoms with Crippen molar-refractivity contribution in [2.45, 2.75) is 38.6 Å². The number of hydrogen-bond donors (Lipinski definition) is 2. The van der Waals surface area contributed by atoms with Gasteiger partial charge in [-0.3, -0.25) is 0 Å². The van der Waals surface area contributed by atoms with Crippen LogP contribution in [0.3, 0.4) is 0 Å². The lowest BCUT2D eigenvalue weighted by Gasteiger charge is -2.23. The lowest BCUT2D eigenvalue weighted by Crippen LogP contribution is -2.35. The summed E-state index contributed by atoms with van der Waals surface area (Å²) >= 11 is 0. The first-order valence-electron chi connectivity index (χ1n) is 7.05. The summed E-state index contributed by atoms with van der Waals surface area (Å²) in [6.45, 7) is 2.08. The Bertz CT molecular complexity index is 559. The fourth-order valence-electron chi connectivity index (χ4n) is 2.38. The predicted molar refractivity (Wildman–Crippen MR) is 80.9 cm³/mol. The smallest absolute Gasteiger partial charge is 0.152 e. The number of anilines is 2. The lowest BCUT2D eigenvalue weighted by molar-refractivity contribution is 0.561. The van der Waals surface area contributed by atoms with Gasteiger partial charge in [-0.2, -0.15) is 0 Å². The topological polar surface area (TPSA) is 84.0 Å². The Labute approximate surface area is 120 Å². The average molecular weight is 298 g/mol. The van der Waals surface area contributed by atoms with Crippen LogP contribution >= 0.6 is 0 Å². The molecule has 1 atom stereocenters. The molecule has 1 aromatic rings. The van der Waals surface area contributed by atoms with Gasteiger partial charge in [-0.1, -0.05) is 6.92 Å². The first-order valence-corrected chi connectivity index (χ1v) is 8.87. The summed E-state index contributed by atoms with van der Waals surface area (Å²) in [5.41, 5.74) is 0. The summed E-state index contributed by atoms with van der Waals surface area (Å²) in [6.07, 6.45) is 3.37. The van der Waals surface area contributed by atoms with Gasteiger partial charge in [-0.25, -0.2) is 18.4 Å². The van der Waals surface area contributed by atoms with E-state index in [4.69, 9.17) is 0 Å². The zero-order valence-corrected chi connectivity index (χ0v) is 12.8. The molecule has 2 N–H and O–H groups in total. The highest BCUT2D eigenvalue weighted by Crippen LogP contribution is 2.18. The molecule has 20 heavy (non-hydrogen) atoms. The molecule has 0 saturated carbocycles. The monoisotopic (exact) mass is 298 g/mol. The Morgan fingerprint density at radius 1 is 1.35 bits per heavy atom. The predicted octanol–water partition coefficient (Wildman–Crippen LogP) is 1.46. The largest absolute Gasteiger partial charge is 0.373 e. The van der Waals surface area contributed by atoms with Gasteiger partial charge in [0.05, 0.1) is 11.5 Å². The van der Waals surface area contributed by atoms with Gasteiger partial charge in [0.1, 0.15) is 17.5 Å². The second-order valence-corrected chi connectivity index (χ2v) is 7.38. The van der Waals surface area contributed by atoms with Crippen molar-refractivity contribution in [2.24, 2.45) is 0 Å². The maximum Gasteiger partial charge on any atom is 0.152 e. The van der Waals surface area contributed by atoms with Crippen molar-refractivity contribution in [1.82, 2.24) is 9.97 Å². The second-order valence-electron chi connectivity index (χ2n) is 5.15. The highest BCUT2D eigenvalue weighted by molar-refractivity contribution is 7.91. The van der Waals surface area contributed by atoms with Crippen LogP contribution in [0.25, 0.3) is 0 Å². The van der Waals surface area contributed by atoms with Crippen molar-refractivity contribution in [3.05, 3.63) is 11.9 Å². The fraction of sp³-hybridized carbons (Fsp3) is 0.692. The van der Waals surface area contributed by atoms with Crippen LogP contribution in [0.2, 0.25) is 0 Å². The van der Waals surface area contributed by atoms with Gasteiger partial charge in [-0.15, -0.1) is 0 Å². The van der Waals surface area contributed by atoms with Crippen molar-refractivity contribution in [3.8, 4) is 0 Å². The normalized spacial score (nSPS) is 21.4. The van der Waals surface area contributed by atoms with Crippen molar-refractivity contribution >= 4 is 21.5 Å². The first-order chi connectivity index (χ1) is 9.52. The van der Waals surface area contributed by atoms with Crippen LogP contribution in [-0.4, -0.2) is 43.0 Å². The van der Waals surface area contributed by atoms with Crippen LogP contribution in [0, 0.1) is 0 Å². The van der Waals surface area contributed by atoms with Crippen molar-refractivity contribution < 1.29 is 8.42 Å². The molecule has 1 fully saturated rings. The van der Waals surface area contributed by atoms with Crippen LogP contribution in [-0.2, 0) is 16.3 Å². The third-order valence-corrected chi connectivity index (χ3v) is 5.14. The third-order valence-electron chi connectivity index (χ3n) is 3.32. The number of hydrogen-bond acceptors (Lipinski definition) is 6. The van der Waals surface area contributed by atoms with E-state index in [0.29, 0.717) is 18.0 Å². The van der Waals surface area contributed by atoms with Gasteiger partial charge < -0.3 is 10.6 Å². The Morgan fingerprint density at radius 3 is 2.75 bits per heavy atom. The molecule has 1 saturated heterocycles. The van der Waals surface area contributed by atoms with Gasteiger partial charge in [0.25, 0.3) is 0 Å². The minimum Gasteiger partial charge on any atom is -0.373 e. The molecule has 1 aliphatic rings. The van der Waals surface area contributed by atoms with E-state index >= 15 is 0 Å². The van der Waals surface area contributed by atoms with E-state index in [9.17, 15) is 8.42 Å². The van der Waals surface area contributed by atoms with Gasteiger partial charge in [-0.05, 0) is 19.3 Å². The molecule has 2 rings (SSSR count). The summed E-state index contributed by atoms with van der Waals surface area (Å²) in [6, 6.07) is 1.77. The number of sulfone groups is 1. The van der Waals surface area contributed by atoms with Crippen molar-refractivity contribution in [2.75, 3.05) is 29.2 Å². The second kappa shape index (κ2) is 6.39. The number of nitrogens with one attached hydrogen (secondary N) is 2. The number of aromatic nitrogens is 2. The molecule has 1 aliphatic heterocycles. The Kier molecular flexibility index (Phi) is 4.80. The summed E-state index contributed by atoms with van der Waals surface area (Å²) in [7, 11) is -1.10. The Morgan fingerprint density at radius 2 is 2.10 bits per heavy atom. The van der Waals surface area contributed by atoms with Gasteiger partial charge in [0.2, 0.25) is 0 Å². The molecule has 0 aromatic carbocycles. The summed E-state index contributed by atoms with van der Waals surface area (Å²) in [5, 5.41) is 6.25. The SMILES string of the molecule is CCCc1nc(NC)cc(NC2CCCS(=O)(=O)C2)n1. The quantitative estimate of drug-likeness (QED) is 0.856. The van der Waals surface area contributed by atoms with E-state index in [0.717, 1.165) is 30.9 Å². The molecule has 7 heteroatoms. The van der Waals surface area contributed by atoms with E-state index in [-0.39, 0.29) is 11.8 Å². The Balaban J connectivity index is 2.13. The zero-order chi connectivity index (χ0) is 14.6. The minimum atomic E-state index is -2.91. The summed E-state index contributed by atoms with van der Waals surface area (Å²) in [5.74, 6) is 2.73. The lowest BCUT2D eigenvalue weighted by atomic mass is 10.2. The molecule has 0 bridgehead atoms. The molecule has 1 unspecified atom stereocenters.